The van der Waals surface area contributed by atoms with Gasteiger partial charge in [-0.2, -0.15) is 0 Å². The SMILES string of the molecule is OCCCC1CCN(c2ccc(I)cc2)CC1. The van der Waals surface area contributed by atoms with Crippen LogP contribution in [0.25, 0.3) is 0 Å². The summed E-state index contributed by atoms with van der Waals surface area (Å²) < 4.78 is 1.30. The summed E-state index contributed by atoms with van der Waals surface area (Å²) in [6.45, 7) is 2.67. The Labute approximate surface area is 117 Å². The average Bonchev–Trinajstić information content (AvgIpc) is 2.38. The van der Waals surface area contributed by atoms with Crippen LogP contribution in [0.2, 0.25) is 0 Å². The van der Waals surface area contributed by atoms with E-state index in [4.69, 9.17) is 5.11 Å². The zero-order valence-electron chi connectivity index (χ0n) is 10.1. The third kappa shape index (κ3) is 3.85. The number of halogens is 1. The van der Waals surface area contributed by atoms with Crippen molar-refractivity contribution in [2.75, 3.05) is 24.6 Å². The van der Waals surface area contributed by atoms with Crippen LogP contribution in [0.4, 0.5) is 5.69 Å². The van der Waals surface area contributed by atoms with Gasteiger partial charge in [-0.3, -0.25) is 0 Å². The molecule has 1 aliphatic heterocycles. The van der Waals surface area contributed by atoms with Crippen molar-refractivity contribution in [1.29, 1.82) is 0 Å². The van der Waals surface area contributed by atoms with Crippen LogP contribution >= 0.6 is 22.6 Å². The van der Waals surface area contributed by atoms with Crippen LogP contribution < -0.4 is 4.90 Å². The number of nitrogens with zero attached hydrogens (tertiary/aromatic N) is 1. The summed E-state index contributed by atoms with van der Waals surface area (Å²) in [5.74, 6) is 0.822. The van der Waals surface area contributed by atoms with E-state index < -0.39 is 0 Å². The van der Waals surface area contributed by atoms with Crippen molar-refractivity contribution in [3.63, 3.8) is 0 Å². The van der Waals surface area contributed by atoms with Gasteiger partial charge in [0.15, 0.2) is 0 Å². The highest BCUT2D eigenvalue weighted by atomic mass is 127. The quantitative estimate of drug-likeness (QED) is 0.847. The summed E-state index contributed by atoms with van der Waals surface area (Å²) in [6, 6.07) is 8.78. The standard InChI is InChI=1S/C14H20INO/c15-13-3-5-14(6-4-13)16-9-7-12(8-10-16)2-1-11-17/h3-6,12,17H,1-2,7-11H2. The van der Waals surface area contributed by atoms with Gasteiger partial charge < -0.3 is 10.0 Å². The molecular formula is C14H20INO. The number of benzene rings is 1. The molecule has 0 aromatic heterocycles. The molecule has 0 aliphatic carbocycles. The summed E-state index contributed by atoms with van der Waals surface area (Å²) in [6.07, 6.45) is 4.70. The van der Waals surface area contributed by atoms with Crippen molar-refractivity contribution in [2.45, 2.75) is 25.7 Å². The Kier molecular flexibility index (Phi) is 5.10. The normalized spacial score (nSPS) is 17.4. The molecule has 0 amide bonds. The fourth-order valence-corrected chi connectivity index (χ4v) is 2.87. The molecule has 0 unspecified atom stereocenters. The van der Waals surface area contributed by atoms with Crippen LogP contribution in [-0.2, 0) is 0 Å². The van der Waals surface area contributed by atoms with Gasteiger partial charge in [0.05, 0.1) is 0 Å². The Hall–Kier alpha value is -0.290. The lowest BCUT2D eigenvalue weighted by atomic mass is 9.92. The van der Waals surface area contributed by atoms with Crippen molar-refractivity contribution in [3.8, 4) is 0 Å². The Balaban J connectivity index is 1.84. The van der Waals surface area contributed by atoms with E-state index in [0.29, 0.717) is 6.61 Å². The number of aliphatic hydroxyl groups is 1. The summed E-state index contributed by atoms with van der Waals surface area (Å²) in [4.78, 5) is 2.48. The first kappa shape index (κ1) is 13.1. The molecule has 0 atom stereocenters. The summed E-state index contributed by atoms with van der Waals surface area (Å²) >= 11 is 2.34. The van der Waals surface area contributed by atoms with Gasteiger partial charge in [0, 0.05) is 29.0 Å². The highest BCUT2D eigenvalue weighted by molar-refractivity contribution is 14.1. The first-order valence-electron chi connectivity index (χ1n) is 6.41. The Morgan fingerprint density at radius 2 is 1.82 bits per heavy atom. The molecule has 2 rings (SSSR count). The predicted octanol–water partition coefficient (Wildman–Crippen LogP) is 3.28. The predicted molar refractivity (Wildman–Crippen MR) is 80.4 cm³/mol. The van der Waals surface area contributed by atoms with Gasteiger partial charge >= 0.3 is 0 Å². The van der Waals surface area contributed by atoms with Crippen LogP contribution in [0.5, 0.6) is 0 Å². The van der Waals surface area contributed by atoms with Gasteiger partial charge in [0.2, 0.25) is 0 Å². The number of aliphatic hydroxyl groups excluding tert-OH is 1. The molecule has 1 aromatic rings. The van der Waals surface area contributed by atoms with Gasteiger partial charge in [-0.05, 0) is 78.5 Å². The van der Waals surface area contributed by atoms with E-state index in [1.54, 1.807) is 0 Å². The first-order chi connectivity index (χ1) is 8.29. The van der Waals surface area contributed by atoms with Crippen LogP contribution in [-0.4, -0.2) is 24.8 Å². The highest BCUT2D eigenvalue weighted by Gasteiger charge is 2.18. The zero-order valence-corrected chi connectivity index (χ0v) is 12.3. The van der Waals surface area contributed by atoms with Crippen LogP contribution in [0, 0.1) is 9.49 Å². The van der Waals surface area contributed by atoms with E-state index >= 15 is 0 Å². The molecule has 1 fully saturated rings. The number of hydrogen-bond acceptors (Lipinski definition) is 2. The lowest BCUT2D eigenvalue weighted by molar-refractivity contribution is 0.261. The topological polar surface area (TPSA) is 23.5 Å². The molecule has 2 nitrogen and oxygen atoms in total. The van der Waals surface area contributed by atoms with Crippen molar-refractivity contribution in [3.05, 3.63) is 27.8 Å². The van der Waals surface area contributed by atoms with Gasteiger partial charge in [-0.1, -0.05) is 0 Å². The Morgan fingerprint density at radius 3 is 2.41 bits per heavy atom. The van der Waals surface area contributed by atoms with E-state index in [1.165, 1.54) is 28.5 Å². The van der Waals surface area contributed by atoms with Crippen molar-refractivity contribution >= 4 is 28.3 Å². The van der Waals surface area contributed by atoms with Crippen molar-refractivity contribution in [2.24, 2.45) is 5.92 Å². The van der Waals surface area contributed by atoms with E-state index in [1.807, 2.05) is 0 Å². The molecule has 0 saturated carbocycles. The summed E-state index contributed by atoms with van der Waals surface area (Å²) in [7, 11) is 0. The molecule has 0 radical (unpaired) electrons. The minimum absolute atomic E-state index is 0.345. The third-order valence-corrected chi connectivity index (χ3v) is 4.30. The van der Waals surface area contributed by atoms with Crippen LogP contribution in [0.3, 0.4) is 0 Å². The molecule has 1 saturated heterocycles. The molecule has 17 heavy (non-hydrogen) atoms. The second-order valence-corrected chi connectivity index (χ2v) is 6.02. The molecule has 94 valence electrons. The third-order valence-electron chi connectivity index (χ3n) is 3.58. The van der Waals surface area contributed by atoms with Gasteiger partial charge in [0.1, 0.15) is 0 Å². The lowest BCUT2D eigenvalue weighted by Gasteiger charge is -2.33. The molecule has 0 spiro atoms. The maximum atomic E-state index is 8.84. The number of piperidine rings is 1. The van der Waals surface area contributed by atoms with E-state index in [2.05, 4.69) is 51.8 Å². The average molecular weight is 345 g/mol. The minimum atomic E-state index is 0.345. The van der Waals surface area contributed by atoms with Crippen LogP contribution in [0.1, 0.15) is 25.7 Å². The van der Waals surface area contributed by atoms with E-state index in [-0.39, 0.29) is 0 Å². The lowest BCUT2D eigenvalue weighted by Crippen LogP contribution is -2.33. The monoisotopic (exact) mass is 345 g/mol. The van der Waals surface area contributed by atoms with Gasteiger partial charge in [-0.15, -0.1) is 0 Å². The molecular weight excluding hydrogens is 325 g/mol. The zero-order chi connectivity index (χ0) is 12.1. The maximum Gasteiger partial charge on any atom is 0.0431 e. The van der Waals surface area contributed by atoms with Gasteiger partial charge in [0.25, 0.3) is 0 Å². The fraction of sp³-hybridized carbons (Fsp3) is 0.571. The van der Waals surface area contributed by atoms with Crippen molar-refractivity contribution < 1.29 is 5.11 Å². The largest absolute Gasteiger partial charge is 0.396 e. The number of anilines is 1. The van der Waals surface area contributed by atoms with Crippen LogP contribution in [0.15, 0.2) is 24.3 Å². The van der Waals surface area contributed by atoms with E-state index in [9.17, 15) is 0 Å². The number of hydrogen-bond donors (Lipinski definition) is 1. The van der Waals surface area contributed by atoms with Crippen molar-refractivity contribution in [1.82, 2.24) is 0 Å². The maximum absolute atomic E-state index is 8.84. The molecule has 1 N–H and O–H groups in total. The fourth-order valence-electron chi connectivity index (χ4n) is 2.51. The molecule has 1 heterocycles. The first-order valence-corrected chi connectivity index (χ1v) is 7.49. The molecule has 0 bridgehead atoms. The highest BCUT2D eigenvalue weighted by Crippen LogP contribution is 2.26. The minimum Gasteiger partial charge on any atom is -0.396 e. The number of rotatable bonds is 4. The molecule has 1 aromatic carbocycles. The Bertz CT molecular complexity index is 331. The van der Waals surface area contributed by atoms with E-state index in [0.717, 1.165) is 25.4 Å². The molecule has 3 heteroatoms. The second kappa shape index (κ2) is 6.59. The Morgan fingerprint density at radius 1 is 1.18 bits per heavy atom. The summed E-state index contributed by atoms with van der Waals surface area (Å²) in [5, 5.41) is 8.84. The van der Waals surface area contributed by atoms with Gasteiger partial charge in [-0.25, -0.2) is 0 Å². The molecule has 1 aliphatic rings. The second-order valence-electron chi connectivity index (χ2n) is 4.77. The smallest absolute Gasteiger partial charge is 0.0431 e. The summed E-state index contributed by atoms with van der Waals surface area (Å²) in [5.41, 5.74) is 1.35.